The SMILES string of the molecule is COc1cc2c(cc1OC)N(c1cc(OC)c(OC)c(OC)c1)C(=O)CC2. The van der Waals surface area contributed by atoms with E-state index in [1.807, 2.05) is 12.1 Å². The number of ether oxygens (including phenoxy) is 5. The van der Waals surface area contributed by atoms with Crippen molar-refractivity contribution in [3.8, 4) is 28.7 Å². The minimum absolute atomic E-state index is 0.0241. The largest absolute Gasteiger partial charge is 0.493 e. The fourth-order valence-electron chi connectivity index (χ4n) is 3.29. The normalized spacial score (nSPS) is 13.1. The molecule has 1 amide bonds. The number of aryl methyl sites for hydroxylation is 1. The second kappa shape index (κ2) is 7.65. The van der Waals surface area contributed by atoms with E-state index in [-0.39, 0.29) is 5.91 Å². The van der Waals surface area contributed by atoms with Gasteiger partial charge in [0.05, 0.1) is 46.9 Å². The fraction of sp³-hybridized carbons (Fsp3) is 0.350. The lowest BCUT2D eigenvalue weighted by Crippen LogP contribution is -2.31. The van der Waals surface area contributed by atoms with Crippen LogP contribution in [0, 0.1) is 0 Å². The molecule has 0 bridgehead atoms. The first-order valence-electron chi connectivity index (χ1n) is 8.45. The van der Waals surface area contributed by atoms with Gasteiger partial charge < -0.3 is 23.7 Å². The summed E-state index contributed by atoms with van der Waals surface area (Å²) in [5.41, 5.74) is 2.38. The topological polar surface area (TPSA) is 66.5 Å². The standard InChI is InChI=1S/C20H23NO6/c1-23-15-8-12-6-7-19(22)21(14(12)11-16(15)24-2)13-9-17(25-3)20(27-5)18(10-13)26-4/h8-11H,6-7H2,1-5H3. The molecule has 0 saturated heterocycles. The maximum absolute atomic E-state index is 12.8. The Balaban J connectivity index is 2.19. The molecule has 3 rings (SSSR count). The number of carbonyl (C=O) groups is 1. The molecule has 1 aliphatic heterocycles. The highest BCUT2D eigenvalue weighted by atomic mass is 16.5. The molecule has 0 saturated carbocycles. The summed E-state index contributed by atoms with van der Waals surface area (Å²) in [7, 11) is 7.79. The number of fused-ring (bicyclic) bond motifs is 1. The summed E-state index contributed by atoms with van der Waals surface area (Å²) >= 11 is 0. The smallest absolute Gasteiger partial charge is 0.231 e. The summed E-state index contributed by atoms with van der Waals surface area (Å²) in [6.07, 6.45) is 1.02. The number of hydrogen-bond donors (Lipinski definition) is 0. The lowest BCUT2D eigenvalue weighted by molar-refractivity contribution is -0.118. The highest BCUT2D eigenvalue weighted by Crippen LogP contribution is 2.46. The van der Waals surface area contributed by atoms with Crippen LogP contribution < -0.4 is 28.6 Å². The van der Waals surface area contributed by atoms with E-state index in [4.69, 9.17) is 23.7 Å². The molecule has 0 fully saturated rings. The van der Waals surface area contributed by atoms with Crippen LogP contribution in [0.3, 0.4) is 0 Å². The van der Waals surface area contributed by atoms with Crippen molar-refractivity contribution in [2.75, 3.05) is 40.4 Å². The molecule has 1 heterocycles. The number of hydrogen-bond acceptors (Lipinski definition) is 6. The van der Waals surface area contributed by atoms with Crippen LogP contribution in [0.1, 0.15) is 12.0 Å². The quantitative estimate of drug-likeness (QED) is 0.774. The number of anilines is 2. The van der Waals surface area contributed by atoms with Crippen molar-refractivity contribution < 1.29 is 28.5 Å². The minimum atomic E-state index is -0.0241. The molecule has 0 aliphatic carbocycles. The van der Waals surface area contributed by atoms with E-state index in [2.05, 4.69) is 0 Å². The zero-order chi connectivity index (χ0) is 19.6. The minimum Gasteiger partial charge on any atom is -0.493 e. The van der Waals surface area contributed by atoms with Crippen LogP contribution in [-0.2, 0) is 11.2 Å². The maximum atomic E-state index is 12.8. The van der Waals surface area contributed by atoms with Crippen molar-refractivity contribution in [1.82, 2.24) is 0 Å². The van der Waals surface area contributed by atoms with E-state index in [9.17, 15) is 4.79 Å². The Morgan fingerprint density at radius 1 is 0.704 bits per heavy atom. The molecule has 0 aromatic heterocycles. The number of rotatable bonds is 6. The van der Waals surface area contributed by atoms with Gasteiger partial charge in [-0.05, 0) is 18.1 Å². The summed E-state index contributed by atoms with van der Waals surface area (Å²) in [5.74, 6) is 2.60. The van der Waals surface area contributed by atoms with Crippen LogP contribution >= 0.6 is 0 Å². The maximum Gasteiger partial charge on any atom is 0.231 e. The second-order valence-electron chi connectivity index (χ2n) is 5.95. The Bertz CT molecular complexity index is 839. The first-order chi connectivity index (χ1) is 13.1. The molecule has 0 spiro atoms. The van der Waals surface area contributed by atoms with Gasteiger partial charge in [0.15, 0.2) is 23.0 Å². The average molecular weight is 373 g/mol. The van der Waals surface area contributed by atoms with Gasteiger partial charge in [0, 0.05) is 24.6 Å². The third-order valence-corrected chi connectivity index (χ3v) is 4.59. The molecule has 0 unspecified atom stereocenters. The van der Waals surface area contributed by atoms with Crippen molar-refractivity contribution >= 4 is 17.3 Å². The lowest BCUT2D eigenvalue weighted by atomic mass is 9.99. The van der Waals surface area contributed by atoms with E-state index in [0.29, 0.717) is 47.3 Å². The molecule has 0 N–H and O–H groups in total. The molecule has 0 atom stereocenters. The van der Waals surface area contributed by atoms with Crippen LogP contribution in [0.5, 0.6) is 28.7 Å². The van der Waals surface area contributed by atoms with E-state index in [1.165, 1.54) is 0 Å². The van der Waals surface area contributed by atoms with Crippen LogP contribution in [0.15, 0.2) is 24.3 Å². The number of amides is 1. The van der Waals surface area contributed by atoms with E-state index >= 15 is 0 Å². The van der Waals surface area contributed by atoms with E-state index < -0.39 is 0 Å². The van der Waals surface area contributed by atoms with Gasteiger partial charge in [0.1, 0.15) is 0 Å². The van der Waals surface area contributed by atoms with Crippen LogP contribution in [0.2, 0.25) is 0 Å². The van der Waals surface area contributed by atoms with Gasteiger partial charge in [-0.2, -0.15) is 0 Å². The van der Waals surface area contributed by atoms with Gasteiger partial charge in [-0.15, -0.1) is 0 Å². The fourth-order valence-corrected chi connectivity index (χ4v) is 3.29. The first-order valence-corrected chi connectivity index (χ1v) is 8.45. The van der Waals surface area contributed by atoms with Crippen LogP contribution in [0.4, 0.5) is 11.4 Å². The molecule has 7 nitrogen and oxygen atoms in total. The highest BCUT2D eigenvalue weighted by molar-refractivity contribution is 6.04. The van der Waals surface area contributed by atoms with E-state index in [1.54, 1.807) is 52.6 Å². The van der Waals surface area contributed by atoms with Crippen molar-refractivity contribution in [3.63, 3.8) is 0 Å². The van der Waals surface area contributed by atoms with Gasteiger partial charge in [0.25, 0.3) is 0 Å². The zero-order valence-electron chi connectivity index (χ0n) is 16.1. The average Bonchev–Trinajstić information content (AvgIpc) is 2.71. The number of methoxy groups -OCH3 is 5. The molecule has 144 valence electrons. The molecular weight excluding hydrogens is 350 g/mol. The Kier molecular flexibility index (Phi) is 5.30. The lowest BCUT2D eigenvalue weighted by Gasteiger charge is -2.31. The third-order valence-electron chi connectivity index (χ3n) is 4.59. The molecule has 2 aromatic rings. The van der Waals surface area contributed by atoms with Gasteiger partial charge >= 0.3 is 0 Å². The van der Waals surface area contributed by atoms with Crippen molar-refractivity contribution in [2.45, 2.75) is 12.8 Å². The van der Waals surface area contributed by atoms with E-state index in [0.717, 1.165) is 11.3 Å². The summed E-state index contributed by atoms with van der Waals surface area (Å²) in [5, 5.41) is 0. The molecule has 27 heavy (non-hydrogen) atoms. The highest BCUT2D eigenvalue weighted by Gasteiger charge is 2.29. The molecular formula is C20H23NO6. The van der Waals surface area contributed by atoms with Crippen LogP contribution in [0.25, 0.3) is 0 Å². The third kappa shape index (κ3) is 3.20. The summed E-state index contributed by atoms with van der Waals surface area (Å²) in [6.45, 7) is 0. The molecule has 0 radical (unpaired) electrons. The second-order valence-corrected chi connectivity index (χ2v) is 5.95. The summed E-state index contributed by atoms with van der Waals surface area (Å²) < 4.78 is 27.0. The predicted octanol–water partition coefficient (Wildman–Crippen LogP) is 3.34. The summed E-state index contributed by atoms with van der Waals surface area (Å²) in [4.78, 5) is 14.5. The Labute approximate surface area is 158 Å². The number of carbonyl (C=O) groups excluding carboxylic acids is 1. The first kappa shape index (κ1) is 18.7. The van der Waals surface area contributed by atoms with Gasteiger partial charge in [0.2, 0.25) is 11.7 Å². The molecule has 2 aromatic carbocycles. The zero-order valence-corrected chi connectivity index (χ0v) is 16.1. The van der Waals surface area contributed by atoms with Crippen LogP contribution in [-0.4, -0.2) is 41.5 Å². The molecule has 7 heteroatoms. The Morgan fingerprint density at radius 2 is 1.26 bits per heavy atom. The number of nitrogens with zero attached hydrogens (tertiary/aromatic N) is 1. The molecule has 1 aliphatic rings. The monoisotopic (exact) mass is 373 g/mol. The Hall–Kier alpha value is -3.09. The van der Waals surface area contributed by atoms with Gasteiger partial charge in [-0.1, -0.05) is 0 Å². The van der Waals surface area contributed by atoms with Gasteiger partial charge in [-0.25, -0.2) is 0 Å². The van der Waals surface area contributed by atoms with Gasteiger partial charge in [-0.3, -0.25) is 9.69 Å². The Morgan fingerprint density at radius 3 is 1.78 bits per heavy atom. The predicted molar refractivity (Wildman–Crippen MR) is 101 cm³/mol. The van der Waals surface area contributed by atoms with Crippen molar-refractivity contribution in [2.24, 2.45) is 0 Å². The summed E-state index contributed by atoms with van der Waals surface area (Å²) in [6, 6.07) is 7.23. The number of benzene rings is 2. The van der Waals surface area contributed by atoms with Crippen molar-refractivity contribution in [3.05, 3.63) is 29.8 Å². The van der Waals surface area contributed by atoms with Crippen molar-refractivity contribution in [1.29, 1.82) is 0 Å².